The average molecular weight is 456 g/mol. The normalized spacial score (nSPS) is 11.3. The first-order valence-corrected chi connectivity index (χ1v) is 10.9. The van der Waals surface area contributed by atoms with Gasteiger partial charge in [-0.2, -0.15) is 0 Å². The second kappa shape index (κ2) is 10.5. The minimum atomic E-state index is -0.800. The summed E-state index contributed by atoms with van der Waals surface area (Å²) >= 11 is 6.18. The third kappa shape index (κ3) is 5.62. The van der Waals surface area contributed by atoms with E-state index < -0.39 is 11.9 Å². The second-order valence-corrected chi connectivity index (χ2v) is 7.86. The van der Waals surface area contributed by atoms with Gasteiger partial charge in [-0.25, -0.2) is 0 Å². The Bertz CT molecular complexity index is 1340. The van der Waals surface area contributed by atoms with Crippen molar-refractivity contribution < 1.29 is 9.59 Å². The summed E-state index contributed by atoms with van der Waals surface area (Å²) in [6.45, 7) is 0.167. The molecule has 3 N–H and O–H groups in total. The van der Waals surface area contributed by atoms with Crippen molar-refractivity contribution in [1.29, 1.82) is 0 Å². The van der Waals surface area contributed by atoms with Crippen molar-refractivity contribution in [1.82, 2.24) is 15.6 Å². The zero-order valence-corrected chi connectivity index (χ0v) is 18.5. The first-order chi connectivity index (χ1) is 16.1. The van der Waals surface area contributed by atoms with Crippen LogP contribution in [0.2, 0.25) is 5.02 Å². The third-order valence-electron chi connectivity index (χ3n) is 5.20. The van der Waals surface area contributed by atoms with Crippen molar-refractivity contribution in [2.45, 2.75) is 12.5 Å². The largest absolute Gasteiger partial charge is 0.361 e. The average Bonchev–Trinajstić information content (AvgIpc) is 3.25. The molecular formula is C27H22ClN3O2. The van der Waals surface area contributed by atoms with E-state index in [-0.39, 0.29) is 12.5 Å². The van der Waals surface area contributed by atoms with E-state index in [4.69, 9.17) is 11.6 Å². The summed E-state index contributed by atoms with van der Waals surface area (Å²) in [5.74, 6) is 5.23. The Kier molecular flexibility index (Phi) is 7.09. The van der Waals surface area contributed by atoms with Crippen molar-refractivity contribution >= 4 is 34.3 Å². The van der Waals surface area contributed by atoms with Crippen molar-refractivity contribution in [3.63, 3.8) is 0 Å². The van der Waals surface area contributed by atoms with Crippen molar-refractivity contribution in [2.75, 3.05) is 6.54 Å². The number of nitrogens with one attached hydrogen (secondary N) is 3. The van der Waals surface area contributed by atoms with E-state index >= 15 is 0 Å². The van der Waals surface area contributed by atoms with Gasteiger partial charge in [0, 0.05) is 29.1 Å². The molecule has 5 nitrogen and oxygen atoms in total. The van der Waals surface area contributed by atoms with Gasteiger partial charge in [0.25, 0.3) is 5.91 Å². The van der Waals surface area contributed by atoms with Crippen LogP contribution in [0.1, 0.15) is 21.5 Å². The predicted octanol–water partition coefficient (Wildman–Crippen LogP) is 4.33. The van der Waals surface area contributed by atoms with Crippen LogP contribution in [0.3, 0.4) is 0 Å². The van der Waals surface area contributed by atoms with Crippen LogP contribution in [0.4, 0.5) is 0 Å². The lowest BCUT2D eigenvalue weighted by Gasteiger charge is -2.18. The molecule has 0 saturated heterocycles. The Morgan fingerprint density at radius 3 is 2.48 bits per heavy atom. The van der Waals surface area contributed by atoms with Gasteiger partial charge in [-0.15, -0.1) is 0 Å². The summed E-state index contributed by atoms with van der Waals surface area (Å²) in [4.78, 5) is 29.1. The number of carbonyl (C=O) groups is 2. The SMILES string of the molecule is O=C(NC(Cc1c[nH]c2ccccc12)C(=O)NCC#Cc1ccccc1)c1ccccc1Cl. The summed E-state index contributed by atoms with van der Waals surface area (Å²) in [5, 5.41) is 6.99. The number of para-hydroxylation sites is 1. The van der Waals surface area contributed by atoms with Crippen molar-refractivity contribution in [2.24, 2.45) is 0 Å². The highest BCUT2D eigenvalue weighted by molar-refractivity contribution is 6.33. The van der Waals surface area contributed by atoms with Gasteiger partial charge in [-0.05, 0) is 35.9 Å². The van der Waals surface area contributed by atoms with Gasteiger partial charge in [-0.1, -0.05) is 72.0 Å². The minimum absolute atomic E-state index is 0.167. The van der Waals surface area contributed by atoms with Crippen LogP contribution in [0.25, 0.3) is 10.9 Å². The van der Waals surface area contributed by atoms with Gasteiger partial charge in [0.1, 0.15) is 6.04 Å². The second-order valence-electron chi connectivity index (χ2n) is 7.46. The number of H-pyrrole nitrogens is 1. The van der Waals surface area contributed by atoms with Crippen molar-refractivity contribution in [3.05, 3.63) is 107 Å². The molecule has 2 amide bonds. The smallest absolute Gasteiger partial charge is 0.253 e. The molecule has 1 atom stereocenters. The molecule has 0 saturated carbocycles. The number of hydrogen-bond acceptors (Lipinski definition) is 2. The lowest BCUT2D eigenvalue weighted by molar-refractivity contribution is -0.122. The molecule has 164 valence electrons. The number of aromatic amines is 1. The lowest BCUT2D eigenvalue weighted by Crippen LogP contribution is -2.48. The Labute approximate surface area is 197 Å². The first-order valence-electron chi connectivity index (χ1n) is 10.5. The van der Waals surface area contributed by atoms with Crippen molar-refractivity contribution in [3.8, 4) is 11.8 Å². The van der Waals surface area contributed by atoms with E-state index in [9.17, 15) is 9.59 Å². The Morgan fingerprint density at radius 2 is 1.67 bits per heavy atom. The highest BCUT2D eigenvalue weighted by Crippen LogP contribution is 2.20. The van der Waals surface area contributed by atoms with Crippen LogP contribution in [0.5, 0.6) is 0 Å². The number of carbonyl (C=O) groups excluding carboxylic acids is 2. The summed E-state index contributed by atoms with van der Waals surface area (Å²) < 4.78 is 0. The number of amides is 2. The lowest BCUT2D eigenvalue weighted by atomic mass is 10.0. The molecule has 4 rings (SSSR count). The maximum absolute atomic E-state index is 13.0. The first kappa shape index (κ1) is 22.2. The highest BCUT2D eigenvalue weighted by atomic mass is 35.5. The molecule has 0 aliphatic carbocycles. The fourth-order valence-electron chi connectivity index (χ4n) is 3.53. The summed E-state index contributed by atoms with van der Waals surface area (Å²) in [5.41, 5.74) is 3.09. The molecule has 0 aliphatic rings. The Morgan fingerprint density at radius 1 is 0.939 bits per heavy atom. The van der Waals surface area contributed by atoms with Crippen LogP contribution < -0.4 is 10.6 Å². The standard InChI is InChI=1S/C27H22ClN3O2/c28-23-14-6-4-13-22(23)26(32)31-25(17-20-18-30-24-15-7-5-12-21(20)24)27(33)29-16-8-11-19-9-2-1-3-10-19/h1-7,9-10,12-15,18,25,30H,16-17H2,(H,29,33)(H,31,32). The number of rotatable bonds is 6. The minimum Gasteiger partial charge on any atom is -0.361 e. The van der Waals surface area contributed by atoms with Crippen LogP contribution >= 0.6 is 11.6 Å². The molecule has 1 unspecified atom stereocenters. The van der Waals surface area contributed by atoms with Gasteiger partial charge in [0.2, 0.25) is 5.91 Å². The van der Waals surface area contributed by atoms with Crippen LogP contribution in [0.15, 0.2) is 85.1 Å². The van der Waals surface area contributed by atoms with Gasteiger partial charge in [-0.3, -0.25) is 9.59 Å². The van der Waals surface area contributed by atoms with E-state index in [1.807, 2.05) is 60.8 Å². The maximum atomic E-state index is 13.0. The molecule has 1 aromatic heterocycles. The third-order valence-corrected chi connectivity index (χ3v) is 5.53. The molecule has 0 spiro atoms. The monoisotopic (exact) mass is 455 g/mol. The number of benzene rings is 3. The van der Waals surface area contributed by atoms with Gasteiger partial charge >= 0.3 is 0 Å². The maximum Gasteiger partial charge on any atom is 0.253 e. The topological polar surface area (TPSA) is 74.0 Å². The Balaban J connectivity index is 1.51. The summed E-state index contributed by atoms with van der Waals surface area (Å²) in [6.07, 6.45) is 2.18. The molecule has 4 aromatic rings. The highest BCUT2D eigenvalue weighted by Gasteiger charge is 2.23. The summed E-state index contributed by atoms with van der Waals surface area (Å²) in [7, 11) is 0. The van der Waals surface area contributed by atoms with E-state index in [2.05, 4.69) is 27.5 Å². The molecule has 3 aromatic carbocycles. The molecule has 33 heavy (non-hydrogen) atoms. The fourth-order valence-corrected chi connectivity index (χ4v) is 3.75. The molecule has 6 heteroatoms. The van der Waals surface area contributed by atoms with Crippen LogP contribution in [-0.2, 0) is 11.2 Å². The van der Waals surface area contributed by atoms with E-state index in [0.717, 1.165) is 22.0 Å². The van der Waals surface area contributed by atoms with E-state index in [0.29, 0.717) is 17.0 Å². The number of fused-ring (bicyclic) bond motifs is 1. The zero-order chi connectivity index (χ0) is 23.0. The predicted molar refractivity (Wildman–Crippen MR) is 131 cm³/mol. The van der Waals surface area contributed by atoms with E-state index in [1.54, 1.807) is 24.3 Å². The molecule has 0 aliphatic heterocycles. The van der Waals surface area contributed by atoms with Gasteiger partial charge < -0.3 is 15.6 Å². The zero-order valence-electron chi connectivity index (χ0n) is 17.8. The molecule has 0 bridgehead atoms. The molecule has 0 radical (unpaired) electrons. The number of halogens is 1. The van der Waals surface area contributed by atoms with Crippen LogP contribution in [-0.4, -0.2) is 29.4 Å². The number of aromatic nitrogens is 1. The molecule has 0 fully saturated rings. The quantitative estimate of drug-likeness (QED) is 0.378. The van der Waals surface area contributed by atoms with Gasteiger partial charge in [0.05, 0.1) is 17.1 Å². The molecule has 1 heterocycles. The van der Waals surface area contributed by atoms with Crippen LogP contribution in [0, 0.1) is 11.8 Å². The number of hydrogen-bond donors (Lipinski definition) is 3. The summed E-state index contributed by atoms with van der Waals surface area (Å²) in [6, 6.07) is 23.3. The van der Waals surface area contributed by atoms with Gasteiger partial charge in [0.15, 0.2) is 0 Å². The Hall–Kier alpha value is -4.01. The molecular weight excluding hydrogens is 434 g/mol. The van der Waals surface area contributed by atoms with E-state index in [1.165, 1.54) is 0 Å². The fraction of sp³-hybridized carbons (Fsp3) is 0.111.